The molecule has 0 atom stereocenters. The van der Waals surface area contributed by atoms with Crippen LogP contribution in [0.25, 0.3) is 11.0 Å². The summed E-state index contributed by atoms with van der Waals surface area (Å²) in [5.41, 5.74) is 1.08. The Morgan fingerprint density at radius 1 is 1.05 bits per heavy atom. The van der Waals surface area contributed by atoms with Crippen molar-refractivity contribution in [3.05, 3.63) is 60.1 Å². The van der Waals surface area contributed by atoms with E-state index in [0.717, 1.165) is 22.4 Å². The Morgan fingerprint density at radius 3 is 2.55 bits per heavy atom. The SMILES string of the molecule is COc1ccc(OCc2coc3c(F)cccc23)cc1. The lowest BCUT2D eigenvalue weighted by molar-refractivity contribution is 0.305. The fraction of sp³-hybridized carbons (Fsp3) is 0.125. The standard InChI is InChI=1S/C16H13FO3/c1-18-12-5-7-13(8-6-12)19-9-11-10-20-16-14(11)3-2-4-15(16)17/h2-8,10H,9H2,1H3. The molecule has 3 nitrogen and oxygen atoms in total. The quantitative estimate of drug-likeness (QED) is 0.714. The molecule has 20 heavy (non-hydrogen) atoms. The average molecular weight is 272 g/mol. The summed E-state index contributed by atoms with van der Waals surface area (Å²) in [6.07, 6.45) is 1.53. The highest BCUT2D eigenvalue weighted by molar-refractivity contribution is 5.81. The Bertz CT molecular complexity index is 716. The van der Waals surface area contributed by atoms with Gasteiger partial charge in [-0.05, 0) is 30.3 Å². The lowest BCUT2D eigenvalue weighted by atomic mass is 10.2. The maximum absolute atomic E-state index is 13.5. The van der Waals surface area contributed by atoms with Gasteiger partial charge in [0, 0.05) is 10.9 Å². The van der Waals surface area contributed by atoms with E-state index < -0.39 is 0 Å². The van der Waals surface area contributed by atoms with E-state index in [1.165, 1.54) is 12.3 Å². The van der Waals surface area contributed by atoms with Crippen LogP contribution in [0.1, 0.15) is 5.56 Å². The summed E-state index contributed by atoms with van der Waals surface area (Å²) in [5, 5.41) is 0.735. The Balaban J connectivity index is 1.78. The van der Waals surface area contributed by atoms with E-state index in [0.29, 0.717) is 6.61 Å². The second kappa shape index (κ2) is 5.25. The van der Waals surface area contributed by atoms with Gasteiger partial charge in [0.25, 0.3) is 0 Å². The highest BCUT2D eigenvalue weighted by Gasteiger charge is 2.10. The molecule has 0 unspecified atom stereocenters. The first-order valence-corrected chi connectivity index (χ1v) is 6.19. The molecule has 0 fully saturated rings. The molecule has 0 saturated heterocycles. The van der Waals surface area contributed by atoms with E-state index in [-0.39, 0.29) is 11.4 Å². The van der Waals surface area contributed by atoms with Crippen LogP contribution in [-0.4, -0.2) is 7.11 Å². The molecule has 1 heterocycles. The van der Waals surface area contributed by atoms with E-state index in [2.05, 4.69) is 0 Å². The van der Waals surface area contributed by atoms with Crippen molar-refractivity contribution in [3.8, 4) is 11.5 Å². The molecule has 2 aromatic carbocycles. The van der Waals surface area contributed by atoms with Gasteiger partial charge in [-0.25, -0.2) is 4.39 Å². The minimum Gasteiger partial charge on any atom is -0.497 e. The smallest absolute Gasteiger partial charge is 0.169 e. The summed E-state index contributed by atoms with van der Waals surface area (Å²) in [5.74, 6) is 1.13. The van der Waals surface area contributed by atoms with E-state index in [1.54, 1.807) is 13.2 Å². The number of fused-ring (bicyclic) bond motifs is 1. The molecule has 4 heteroatoms. The first-order chi connectivity index (χ1) is 9.78. The zero-order valence-corrected chi connectivity index (χ0v) is 10.9. The number of hydrogen-bond donors (Lipinski definition) is 0. The number of halogens is 1. The zero-order valence-electron chi connectivity index (χ0n) is 10.9. The normalized spacial score (nSPS) is 10.7. The van der Waals surface area contributed by atoms with Crippen molar-refractivity contribution >= 4 is 11.0 Å². The highest BCUT2D eigenvalue weighted by atomic mass is 19.1. The van der Waals surface area contributed by atoms with Gasteiger partial charge < -0.3 is 13.9 Å². The van der Waals surface area contributed by atoms with Crippen LogP contribution in [0.4, 0.5) is 4.39 Å². The molecule has 0 N–H and O–H groups in total. The minimum absolute atomic E-state index is 0.265. The fourth-order valence-corrected chi connectivity index (χ4v) is 2.02. The maximum atomic E-state index is 13.5. The Morgan fingerprint density at radius 2 is 1.80 bits per heavy atom. The van der Waals surface area contributed by atoms with Crippen molar-refractivity contribution in [1.82, 2.24) is 0 Å². The molecule has 102 valence electrons. The van der Waals surface area contributed by atoms with Gasteiger partial charge in [0.05, 0.1) is 13.4 Å². The molecule has 3 aromatic rings. The number of benzene rings is 2. The van der Waals surface area contributed by atoms with E-state index in [1.807, 2.05) is 30.3 Å². The van der Waals surface area contributed by atoms with Crippen LogP contribution in [0.3, 0.4) is 0 Å². The molecule has 0 spiro atoms. The van der Waals surface area contributed by atoms with Gasteiger partial charge in [-0.1, -0.05) is 12.1 Å². The fourth-order valence-electron chi connectivity index (χ4n) is 2.02. The van der Waals surface area contributed by atoms with Gasteiger partial charge in [-0.2, -0.15) is 0 Å². The van der Waals surface area contributed by atoms with E-state index in [4.69, 9.17) is 13.9 Å². The predicted molar refractivity (Wildman–Crippen MR) is 73.5 cm³/mol. The molecule has 0 aliphatic carbocycles. The van der Waals surface area contributed by atoms with Crippen molar-refractivity contribution in [2.24, 2.45) is 0 Å². The lowest BCUT2D eigenvalue weighted by Gasteiger charge is -2.06. The monoisotopic (exact) mass is 272 g/mol. The Labute approximate surface area is 115 Å². The molecule has 0 bridgehead atoms. The number of rotatable bonds is 4. The number of hydrogen-bond acceptors (Lipinski definition) is 3. The van der Waals surface area contributed by atoms with Gasteiger partial charge in [0.2, 0.25) is 0 Å². The molecule has 0 saturated carbocycles. The average Bonchev–Trinajstić information content (AvgIpc) is 2.90. The van der Waals surface area contributed by atoms with Crippen LogP contribution in [-0.2, 0) is 6.61 Å². The minimum atomic E-state index is -0.363. The maximum Gasteiger partial charge on any atom is 0.169 e. The van der Waals surface area contributed by atoms with Gasteiger partial charge in [0.15, 0.2) is 11.4 Å². The summed E-state index contributed by atoms with van der Waals surface area (Å²) >= 11 is 0. The molecule has 0 amide bonds. The second-order valence-electron chi connectivity index (χ2n) is 4.34. The zero-order chi connectivity index (χ0) is 13.9. The summed E-state index contributed by atoms with van der Waals surface area (Å²) in [7, 11) is 1.61. The van der Waals surface area contributed by atoms with Crippen LogP contribution in [0.2, 0.25) is 0 Å². The number of methoxy groups -OCH3 is 1. The molecular weight excluding hydrogens is 259 g/mol. The number of ether oxygens (including phenoxy) is 2. The van der Waals surface area contributed by atoms with Crippen LogP contribution >= 0.6 is 0 Å². The van der Waals surface area contributed by atoms with Gasteiger partial charge in [-0.3, -0.25) is 0 Å². The topological polar surface area (TPSA) is 31.6 Å². The first-order valence-electron chi connectivity index (χ1n) is 6.19. The van der Waals surface area contributed by atoms with Gasteiger partial charge >= 0.3 is 0 Å². The van der Waals surface area contributed by atoms with Crippen molar-refractivity contribution in [3.63, 3.8) is 0 Å². The molecule has 0 aliphatic rings. The molecular formula is C16H13FO3. The molecule has 0 aliphatic heterocycles. The third kappa shape index (κ3) is 2.32. The van der Waals surface area contributed by atoms with Crippen LogP contribution in [0.15, 0.2) is 53.1 Å². The summed E-state index contributed by atoms with van der Waals surface area (Å²) in [4.78, 5) is 0. The van der Waals surface area contributed by atoms with Crippen molar-refractivity contribution in [2.75, 3.05) is 7.11 Å². The van der Waals surface area contributed by atoms with Crippen molar-refractivity contribution < 1.29 is 18.3 Å². The Hall–Kier alpha value is -2.49. The van der Waals surface area contributed by atoms with Gasteiger partial charge in [-0.15, -0.1) is 0 Å². The highest BCUT2D eigenvalue weighted by Crippen LogP contribution is 2.25. The predicted octanol–water partition coefficient (Wildman–Crippen LogP) is 4.16. The lowest BCUT2D eigenvalue weighted by Crippen LogP contribution is -1.94. The first kappa shape index (κ1) is 12.5. The molecule has 0 radical (unpaired) electrons. The van der Waals surface area contributed by atoms with Crippen molar-refractivity contribution in [1.29, 1.82) is 0 Å². The summed E-state index contributed by atoms with van der Waals surface area (Å²) in [6.45, 7) is 0.322. The number of furan rings is 1. The molecule has 3 rings (SSSR count). The van der Waals surface area contributed by atoms with E-state index in [9.17, 15) is 4.39 Å². The third-order valence-corrected chi connectivity index (χ3v) is 3.09. The van der Waals surface area contributed by atoms with Crippen LogP contribution < -0.4 is 9.47 Å². The largest absolute Gasteiger partial charge is 0.497 e. The van der Waals surface area contributed by atoms with Crippen molar-refractivity contribution in [2.45, 2.75) is 6.61 Å². The second-order valence-corrected chi connectivity index (χ2v) is 4.34. The van der Waals surface area contributed by atoms with Gasteiger partial charge in [0.1, 0.15) is 18.1 Å². The summed E-state index contributed by atoms with van der Waals surface area (Å²) < 4.78 is 29.5. The Kier molecular flexibility index (Phi) is 3.29. The molecule has 1 aromatic heterocycles. The third-order valence-electron chi connectivity index (χ3n) is 3.09. The van der Waals surface area contributed by atoms with E-state index >= 15 is 0 Å². The summed E-state index contributed by atoms with van der Waals surface area (Å²) in [6, 6.07) is 12.1. The van der Waals surface area contributed by atoms with Crippen LogP contribution in [0.5, 0.6) is 11.5 Å². The van der Waals surface area contributed by atoms with Crippen LogP contribution in [0, 0.1) is 5.82 Å². The number of para-hydroxylation sites is 1.